The SMILES string of the molecule is CNC1CC2CCC1(CSC)C2(C)C. The van der Waals surface area contributed by atoms with Gasteiger partial charge in [-0.25, -0.2) is 0 Å². The van der Waals surface area contributed by atoms with Crippen LogP contribution in [0.2, 0.25) is 0 Å². The molecule has 0 heterocycles. The van der Waals surface area contributed by atoms with Crippen LogP contribution in [-0.2, 0) is 0 Å². The molecule has 2 rings (SSSR count). The Kier molecular flexibility index (Phi) is 2.64. The Balaban J connectivity index is 2.30. The van der Waals surface area contributed by atoms with Crippen molar-refractivity contribution in [2.75, 3.05) is 19.1 Å². The van der Waals surface area contributed by atoms with Gasteiger partial charge in [-0.05, 0) is 43.9 Å². The molecule has 1 nitrogen and oxygen atoms in total. The van der Waals surface area contributed by atoms with Gasteiger partial charge in [-0.2, -0.15) is 11.8 Å². The molecule has 3 atom stereocenters. The van der Waals surface area contributed by atoms with Crippen LogP contribution in [-0.4, -0.2) is 25.1 Å². The lowest BCUT2D eigenvalue weighted by atomic mass is 9.69. The van der Waals surface area contributed by atoms with Crippen molar-refractivity contribution < 1.29 is 0 Å². The van der Waals surface area contributed by atoms with Crippen molar-refractivity contribution >= 4 is 11.8 Å². The molecule has 82 valence electrons. The van der Waals surface area contributed by atoms with Crippen molar-refractivity contribution in [1.82, 2.24) is 5.32 Å². The second-order valence-corrected chi connectivity index (χ2v) is 6.49. The van der Waals surface area contributed by atoms with E-state index < -0.39 is 0 Å². The molecule has 2 heteroatoms. The van der Waals surface area contributed by atoms with Crippen molar-refractivity contribution in [3.8, 4) is 0 Å². The van der Waals surface area contributed by atoms with Crippen LogP contribution in [0, 0.1) is 16.7 Å². The van der Waals surface area contributed by atoms with Crippen LogP contribution in [0.25, 0.3) is 0 Å². The van der Waals surface area contributed by atoms with Gasteiger partial charge in [-0.15, -0.1) is 0 Å². The van der Waals surface area contributed by atoms with Crippen LogP contribution in [0.4, 0.5) is 0 Å². The molecule has 0 aromatic carbocycles. The summed E-state index contributed by atoms with van der Waals surface area (Å²) in [4.78, 5) is 0. The molecular weight excluding hydrogens is 190 g/mol. The van der Waals surface area contributed by atoms with Gasteiger partial charge in [0.25, 0.3) is 0 Å². The molecule has 2 bridgehead atoms. The zero-order valence-corrected chi connectivity index (χ0v) is 10.7. The molecule has 3 unspecified atom stereocenters. The molecule has 0 aromatic rings. The molecule has 0 amide bonds. The van der Waals surface area contributed by atoms with E-state index in [1.807, 2.05) is 11.8 Å². The van der Waals surface area contributed by atoms with E-state index >= 15 is 0 Å². The Bertz CT molecular complexity index is 226. The number of hydrogen-bond acceptors (Lipinski definition) is 2. The second kappa shape index (κ2) is 3.41. The number of thioether (sulfide) groups is 1. The van der Waals surface area contributed by atoms with E-state index in [0.29, 0.717) is 10.8 Å². The molecule has 2 saturated carbocycles. The number of fused-ring (bicyclic) bond motifs is 2. The highest BCUT2D eigenvalue weighted by atomic mass is 32.2. The van der Waals surface area contributed by atoms with Gasteiger partial charge in [-0.3, -0.25) is 0 Å². The zero-order chi connectivity index (χ0) is 10.4. The van der Waals surface area contributed by atoms with Gasteiger partial charge in [-0.1, -0.05) is 13.8 Å². The first-order valence-corrected chi connectivity index (χ1v) is 7.14. The molecule has 2 aliphatic carbocycles. The fourth-order valence-corrected chi connectivity index (χ4v) is 5.31. The summed E-state index contributed by atoms with van der Waals surface area (Å²) in [5, 5.41) is 3.56. The summed E-state index contributed by atoms with van der Waals surface area (Å²) >= 11 is 2.03. The van der Waals surface area contributed by atoms with Gasteiger partial charge in [0, 0.05) is 17.2 Å². The van der Waals surface area contributed by atoms with E-state index in [2.05, 4.69) is 32.5 Å². The normalized spacial score (nSPS) is 44.6. The zero-order valence-electron chi connectivity index (χ0n) is 9.89. The summed E-state index contributed by atoms with van der Waals surface area (Å²) in [6.45, 7) is 5.00. The fourth-order valence-electron chi connectivity index (χ4n) is 4.08. The minimum atomic E-state index is 0.559. The maximum absolute atomic E-state index is 3.56. The van der Waals surface area contributed by atoms with Gasteiger partial charge in [0.2, 0.25) is 0 Å². The van der Waals surface area contributed by atoms with Gasteiger partial charge >= 0.3 is 0 Å². The van der Waals surface area contributed by atoms with Gasteiger partial charge < -0.3 is 5.32 Å². The Morgan fingerprint density at radius 3 is 2.64 bits per heavy atom. The second-order valence-electron chi connectivity index (χ2n) is 5.62. The maximum Gasteiger partial charge on any atom is 0.0136 e. The van der Waals surface area contributed by atoms with E-state index in [9.17, 15) is 0 Å². The van der Waals surface area contributed by atoms with Crippen LogP contribution in [0.3, 0.4) is 0 Å². The van der Waals surface area contributed by atoms with Crippen LogP contribution in [0.15, 0.2) is 0 Å². The summed E-state index contributed by atoms with van der Waals surface area (Å²) in [5.41, 5.74) is 1.13. The number of rotatable bonds is 3. The Morgan fingerprint density at radius 2 is 2.14 bits per heavy atom. The minimum absolute atomic E-state index is 0.559. The lowest BCUT2D eigenvalue weighted by Crippen LogP contribution is -2.47. The number of nitrogens with one attached hydrogen (secondary N) is 1. The molecule has 0 saturated heterocycles. The Labute approximate surface area is 92.4 Å². The summed E-state index contributed by atoms with van der Waals surface area (Å²) in [6.07, 6.45) is 6.57. The van der Waals surface area contributed by atoms with E-state index in [0.717, 1.165) is 12.0 Å². The van der Waals surface area contributed by atoms with Crippen LogP contribution in [0.1, 0.15) is 33.1 Å². The standard InChI is InChI=1S/C12H23NS/c1-11(2)9-5-6-12(11,8-14-4)10(7-9)13-3/h9-10,13H,5-8H2,1-4H3. The van der Waals surface area contributed by atoms with Crippen LogP contribution < -0.4 is 5.32 Å². The van der Waals surface area contributed by atoms with Crippen molar-refractivity contribution in [3.05, 3.63) is 0 Å². The fraction of sp³-hybridized carbons (Fsp3) is 1.00. The van der Waals surface area contributed by atoms with E-state index in [1.165, 1.54) is 25.0 Å². The predicted molar refractivity (Wildman–Crippen MR) is 64.8 cm³/mol. The molecular formula is C12H23NS. The van der Waals surface area contributed by atoms with Crippen molar-refractivity contribution in [2.24, 2.45) is 16.7 Å². The quantitative estimate of drug-likeness (QED) is 0.773. The Hall–Kier alpha value is 0.310. The number of hydrogen-bond donors (Lipinski definition) is 1. The Morgan fingerprint density at radius 1 is 1.43 bits per heavy atom. The highest BCUT2D eigenvalue weighted by Gasteiger charge is 2.62. The summed E-state index contributed by atoms with van der Waals surface area (Å²) in [7, 11) is 2.14. The summed E-state index contributed by atoms with van der Waals surface area (Å²) < 4.78 is 0. The first kappa shape index (κ1) is 10.8. The lowest BCUT2D eigenvalue weighted by Gasteiger charge is -2.42. The lowest BCUT2D eigenvalue weighted by molar-refractivity contribution is 0.131. The van der Waals surface area contributed by atoms with E-state index in [-0.39, 0.29) is 0 Å². The van der Waals surface area contributed by atoms with E-state index in [4.69, 9.17) is 0 Å². The monoisotopic (exact) mass is 213 g/mol. The molecule has 0 spiro atoms. The van der Waals surface area contributed by atoms with Crippen molar-refractivity contribution in [3.63, 3.8) is 0 Å². The molecule has 0 radical (unpaired) electrons. The van der Waals surface area contributed by atoms with Crippen molar-refractivity contribution in [2.45, 2.75) is 39.2 Å². The average Bonchev–Trinajstić information content (AvgIpc) is 2.51. The first-order chi connectivity index (χ1) is 6.58. The smallest absolute Gasteiger partial charge is 0.0136 e. The average molecular weight is 213 g/mol. The predicted octanol–water partition coefficient (Wildman–Crippen LogP) is 2.76. The minimum Gasteiger partial charge on any atom is -0.316 e. The molecule has 1 N–H and O–H groups in total. The molecule has 2 fully saturated rings. The largest absolute Gasteiger partial charge is 0.316 e. The van der Waals surface area contributed by atoms with Gasteiger partial charge in [0.15, 0.2) is 0 Å². The van der Waals surface area contributed by atoms with E-state index in [1.54, 1.807) is 0 Å². The maximum atomic E-state index is 3.56. The molecule has 14 heavy (non-hydrogen) atoms. The highest BCUT2D eigenvalue weighted by Crippen LogP contribution is 2.66. The van der Waals surface area contributed by atoms with Crippen LogP contribution in [0.5, 0.6) is 0 Å². The summed E-state index contributed by atoms with van der Waals surface area (Å²) in [6, 6.07) is 0.767. The third-order valence-corrected chi connectivity index (χ3v) is 5.98. The topological polar surface area (TPSA) is 12.0 Å². The third kappa shape index (κ3) is 1.13. The first-order valence-electron chi connectivity index (χ1n) is 5.74. The molecule has 0 aromatic heterocycles. The molecule has 2 aliphatic rings. The van der Waals surface area contributed by atoms with Crippen LogP contribution >= 0.6 is 11.8 Å². The summed E-state index contributed by atoms with van der Waals surface area (Å²) in [5.74, 6) is 2.30. The van der Waals surface area contributed by atoms with Crippen molar-refractivity contribution in [1.29, 1.82) is 0 Å². The highest BCUT2D eigenvalue weighted by molar-refractivity contribution is 7.98. The molecule has 0 aliphatic heterocycles. The van der Waals surface area contributed by atoms with Gasteiger partial charge in [0.05, 0.1) is 0 Å². The van der Waals surface area contributed by atoms with Gasteiger partial charge in [0.1, 0.15) is 0 Å². The third-order valence-electron chi connectivity index (χ3n) is 5.18.